The Kier molecular flexibility index (Phi) is 6.09. The van der Waals surface area contributed by atoms with E-state index in [4.69, 9.17) is 9.84 Å². The zero-order valence-electron chi connectivity index (χ0n) is 11.6. The van der Waals surface area contributed by atoms with Crippen molar-refractivity contribution < 1.29 is 14.6 Å². The molecule has 0 saturated heterocycles. The lowest BCUT2D eigenvalue weighted by molar-refractivity contribution is -0.133. The Bertz CT molecular complexity index is 423. The van der Waals surface area contributed by atoms with Crippen molar-refractivity contribution in [1.29, 1.82) is 0 Å². The molecule has 4 heteroatoms. The van der Waals surface area contributed by atoms with E-state index >= 15 is 0 Å². The first-order valence-electron chi connectivity index (χ1n) is 6.27. The van der Waals surface area contributed by atoms with Crippen molar-refractivity contribution in [3.8, 4) is 5.75 Å². The minimum absolute atomic E-state index is 0.0310. The van der Waals surface area contributed by atoms with Crippen molar-refractivity contribution in [3.63, 3.8) is 0 Å². The van der Waals surface area contributed by atoms with Crippen LogP contribution < -0.4 is 4.74 Å². The van der Waals surface area contributed by atoms with E-state index in [9.17, 15) is 4.79 Å². The number of amides is 1. The van der Waals surface area contributed by atoms with Crippen molar-refractivity contribution in [2.24, 2.45) is 0 Å². The van der Waals surface area contributed by atoms with Crippen LogP contribution in [0.3, 0.4) is 0 Å². The van der Waals surface area contributed by atoms with E-state index in [0.29, 0.717) is 18.8 Å². The molecule has 0 aliphatic rings. The normalized spacial score (nSPS) is 10.1. The van der Waals surface area contributed by atoms with Crippen LogP contribution in [0.1, 0.15) is 11.1 Å². The average Bonchev–Trinajstić information content (AvgIpc) is 2.34. The molecule has 1 aromatic carbocycles. The van der Waals surface area contributed by atoms with Crippen molar-refractivity contribution in [2.45, 2.75) is 13.8 Å². The maximum Gasteiger partial charge on any atom is 0.260 e. The molecule has 0 heterocycles. The van der Waals surface area contributed by atoms with Gasteiger partial charge in [-0.15, -0.1) is 6.58 Å². The molecule has 1 amide bonds. The molecule has 1 rings (SSSR count). The number of aliphatic hydroxyl groups is 1. The minimum Gasteiger partial charge on any atom is -0.484 e. The highest BCUT2D eigenvalue weighted by atomic mass is 16.5. The Hall–Kier alpha value is -1.81. The van der Waals surface area contributed by atoms with Gasteiger partial charge in [0.2, 0.25) is 0 Å². The third-order valence-electron chi connectivity index (χ3n) is 2.63. The summed E-state index contributed by atoms with van der Waals surface area (Å²) < 4.78 is 5.50. The first-order chi connectivity index (χ1) is 9.06. The van der Waals surface area contributed by atoms with Gasteiger partial charge < -0.3 is 14.7 Å². The summed E-state index contributed by atoms with van der Waals surface area (Å²) in [5.41, 5.74) is 2.20. The summed E-state index contributed by atoms with van der Waals surface area (Å²) in [6.07, 6.45) is 1.63. The van der Waals surface area contributed by atoms with Gasteiger partial charge in [-0.3, -0.25) is 4.79 Å². The van der Waals surface area contributed by atoms with E-state index in [-0.39, 0.29) is 19.1 Å². The molecule has 0 saturated carbocycles. The highest BCUT2D eigenvalue weighted by Gasteiger charge is 2.12. The average molecular weight is 263 g/mol. The Morgan fingerprint density at radius 1 is 1.37 bits per heavy atom. The topological polar surface area (TPSA) is 49.8 Å². The quantitative estimate of drug-likeness (QED) is 0.762. The van der Waals surface area contributed by atoms with Crippen molar-refractivity contribution in [2.75, 3.05) is 26.3 Å². The van der Waals surface area contributed by atoms with E-state index in [0.717, 1.165) is 11.1 Å². The summed E-state index contributed by atoms with van der Waals surface area (Å²) in [7, 11) is 0. The summed E-state index contributed by atoms with van der Waals surface area (Å²) in [5, 5.41) is 8.90. The smallest absolute Gasteiger partial charge is 0.260 e. The van der Waals surface area contributed by atoms with Crippen molar-refractivity contribution in [1.82, 2.24) is 4.90 Å². The van der Waals surface area contributed by atoms with Crippen LogP contribution in [-0.2, 0) is 4.79 Å². The number of aryl methyl sites for hydroxylation is 2. The first-order valence-corrected chi connectivity index (χ1v) is 6.27. The molecule has 1 N–H and O–H groups in total. The predicted molar refractivity (Wildman–Crippen MR) is 75.3 cm³/mol. The van der Waals surface area contributed by atoms with E-state index in [1.807, 2.05) is 32.0 Å². The van der Waals surface area contributed by atoms with Crippen LogP contribution in [0, 0.1) is 13.8 Å². The number of nitrogens with zero attached hydrogens (tertiary/aromatic N) is 1. The van der Waals surface area contributed by atoms with E-state index in [2.05, 4.69) is 6.58 Å². The maximum atomic E-state index is 11.9. The lowest BCUT2D eigenvalue weighted by atomic mass is 10.1. The molecular formula is C15H21NO3. The molecule has 0 fully saturated rings. The zero-order chi connectivity index (χ0) is 14.3. The van der Waals surface area contributed by atoms with Crippen LogP contribution >= 0.6 is 0 Å². The standard InChI is InChI=1S/C15H21NO3/c1-4-5-16(6-7-17)15(18)11-19-14-9-12(2)8-13(3)10-14/h4,8-10,17H,1,5-7,11H2,2-3H3. The zero-order valence-corrected chi connectivity index (χ0v) is 11.6. The van der Waals surface area contributed by atoms with Crippen LogP contribution in [0.25, 0.3) is 0 Å². The van der Waals surface area contributed by atoms with Gasteiger partial charge in [0.25, 0.3) is 5.91 Å². The number of carbonyl (C=O) groups is 1. The number of rotatable bonds is 7. The second-order valence-electron chi connectivity index (χ2n) is 4.46. The second kappa shape index (κ2) is 7.59. The molecule has 19 heavy (non-hydrogen) atoms. The SMILES string of the molecule is C=CCN(CCO)C(=O)COc1cc(C)cc(C)c1. The molecule has 0 radical (unpaired) electrons. The van der Waals surface area contributed by atoms with Crippen molar-refractivity contribution >= 4 is 5.91 Å². The van der Waals surface area contributed by atoms with Crippen LogP contribution in [-0.4, -0.2) is 42.2 Å². The van der Waals surface area contributed by atoms with Crippen LogP contribution in [0.2, 0.25) is 0 Å². The van der Waals surface area contributed by atoms with Crippen LogP contribution in [0.15, 0.2) is 30.9 Å². The number of hydrogen-bond acceptors (Lipinski definition) is 3. The monoisotopic (exact) mass is 263 g/mol. The molecule has 0 aromatic heterocycles. The predicted octanol–water partition coefficient (Wildman–Crippen LogP) is 1.69. The van der Waals surface area contributed by atoms with Gasteiger partial charge in [-0.25, -0.2) is 0 Å². The summed E-state index contributed by atoms with van der Waals surface area (Å²) >= 11 is 0. The Morgan fingerprint density at radius 3 is 2.53 bits per heavy atom. The Morgan fingerprint density at radius 2 is 2.00 bits per heavy atom. The highest BCUT2D eigenvalue weighted by Crippen LogP contribution is 2.16. The lowest BCUT2D eigenvalue weighted by Gasteiger charge is -2.20. The molecule has 0 unspecified atom stereocenters. The summed E-state index contributed by atoms with van der Waals surface area (Å²) in [4.78, 5) is 13.4. The fraction of sp³-hybridized carbons (Fsp3) is 0.400. The largest absolute Gasteiger partial charge is 0.484 e. The molecular weight excluding hydrogens is 242 g/mol. The van der Waals surface area contributed by atoms with Gasteiger partial charge in [0.15, 0.2) is 6.61 Å². The van der Waals surface area contributed by atoms with Crippen molar-refractivity contribution in [3.05, 3.63) is 42.0 Å². The number of ether oxygens (including phenoxy) is 1. The molecule has 0 aliphatic heterocycles. The fourth-order valence-corrected chi connectivity index (χ4v) is 1.85. The third kappa shape index (κ3) is 5.14. The van der Waals surface area contributed by atoms with Gasteiger partial charge in [0, 0.05) is 13.1 Å². The van der Waals surface area contributed by atoms with Gasteiger partial charge in [-0.1, -0.05) is 12.1 Å². The third-order valence-corrected chi connectivity index (χ3v) is 2.63. The van der Waals surface area contributed by atoms with Gasteiger partial charge in [0.05, 0.1) is 6.61 Å². The molecule has 0 aliphatic carbocycles. The first kappa shape index (κ1) is 15.2. The molecule has 0 spiro atoms. The van der Waals surface area contributed by atoms with Crippen LogP contribution in [0.5, 0.6) is 5.75 Å². The minimum atomic E-state index is -0.159. The lowest BCUT2D eigenvalue weighted by Crippen LogP contribution is -2.37. The van der Waals surface area contributed by atoms with Gasteiger partial charge >= 0.3 is 0 Å². The highest BCUT2D eigenvalue weighted by molar-refractivity contribution is 5.78. The molecule has 1 aromatic rings. The van der Waals surface area contributed by atoms with Crippen LogP contribution in [0.4, 0.5) is 0 Å². The number of benzene rings is 1. The fourth-order valence-electron chi connectivity index (χ4n) is 1.85. The molecule has 0 atom stereocenters. The van der Waals surface area contributed by atoms with Gasteiger partial charge in [0.1, 0.15) is 5.75 Å². The summed E-state index contributed by atoms with van der Waals surface area (Å²) in [6.45, 7) is 8.17. The number of carbonyl (C=O) groups excluding carboxylic acids is 1. The second-order valence-corrected chi connectivity index (χ2v) is 4.46. The summed E-state index contributed by atoms with van der Waals surface area (Å²) in [6, 6.07) is 5.83. The van der Waals surface area contributed by atoms with Gasteiger partial charge in [-0.05, 0) is 37.1 Å². The molecule has 0 bridgehead atoms. The van der Waals surface area contributed by atoms with E-state index in [1.54, 1.807) is 6.08 Å². The maximum absolute atomic E-state index is 11.9. The Labute approximate surface area is 114 Å². The summed E-state index contributed by atoms with van der Waals surface area (Å²) in [5.74, 6) is 0.529. The molecule has 104 valence electrons. The van der Waals surface area contributed by atoms with Gasteiger partial charge in [-0.2, -0.15) is 0 Å². The Balaban J connectivity index is 2.58. The van der Waals surface area contributed by atoms with E-state index in [1.165, 1.54) is 4.90 Å². The molecule has 4 nitrogen and oxygen atoms in total. The number of hydrogen-bond donors (Lipinski definition) is 1. The number of aliphatic hydroxyl groups excluding tert-OH is 1. The van der Waals surface area contributed by atoms with E-state index < -0.39 is 0 Å².